The number of halogens is 1. The van der Waals surface area contributed by atoms with E-state index in [0.717, 1.165) is 88.7 Å². The Morgan fingerprint density at radius 2 is 1.79 bits per heavy atom. The summed E-state index contributed by atoms with van der Waals surface area (Å²) in [6, 6.07) is 15.1. The number of pyridine rings is 1. The minimum Gasteiger partial charge on any atom is -0.381 e. The van der Waals surface area contributed by atoms with Gasteiger partial charge in [-0.05, 0) is 94.0 Å². The van der Waals surface area contributed by atoms with Gasteiger partial charge >= 0.3 is 0 Å². The maximum Gasteiger partial charge on any atom is 0.123 e. The molecule has 1 fully saturated rings. The summed E-state index contributed by atoms with van der Waals surface area (Å²) >= 11 is 0. The van der Waals surface area contributed by atoms with E-state index in [9.17, 15) is 4.39 Å². The minimum atomic E-state index is -0.252. The lowest BCUT2D eigenvalue weighted by Crippen LogP contribution is -2.40. The van der Waals surface area contributed by atoms with Crippen LogP contribution in [-0.2, 0) is 4.74 Å². The molecule has 1 N–H and O–H groups in total. The first kappa shape index (κ1) is 24.5. The summed E-state index contributed by atoms with van der Waals surface area (Å²) in [5.74, 6) is -0.252. The first-order valence-electron chi connectivity index (χ1n) is 13.4. The summed E-state index contributed by atoms with van der Waals surface area (Å²) in [5, 5.41) is 6.41. The van der Waals surface area contributed by atoms with Crippen molar-refractivity contribution in [2.45, 2.75) is 57.6 Å². The monoisotopic (exact) mass is 509 g/mol. The number of aromatic nitrogens is 3. The SMILES string of the molecule is CO[C@H]1CC[C@H](/N=c2\cc3n(-c4ccc(F)cc4)c4c(nc-3cc2Nc2ccc(C)nc2)=CCCC=4)CC1. The zero-order chi connectivity index (χ0) is 26.1. The Kier molecular flexibility index (Phi) is 6.77. The zero-order valence-corrected chi connectivity index (χ0v) is 21.8. The van der Waals surface area contributed by atoms with Crippen LogP contribution in [0.4, 0.5) is 15.8 Å². The summed E-state index contributed by atoms with van der Waals surface area (Å²) in [6.45, 7) is 1.98. The molecule has 38 heavy (non-hydrogen) atoms. The van der Waals surface area contributed by atoms with Crippen LogP contribution in [0.15, 0.2) is 59.7 Å². The van der Waals surface area contributed by atoms with Gasteiger partial charge in [-0.2, -0.15) is 0 Å². The van der Waals surface area contributed by atoms with E-state index in [4.69, 9.17) is 14.7 Å². The highest BCUT2D eigenvalue weighted by molar-refractivity contribution is 5.70. The number of aryl methyl sites for hydroxylation is 1. The van der Waals surface area contributed by atoms with Crippen molar-refractivity contribution in [1.29, 1.82) is 0 Å². The van der Waals surface area contributed by atoms with Crippen molar-refractivity contribution in [2.24, 2.45) is 4.99 Å². The van der Waals surface area contributed by atoms with E-state index >= 15 is 0 Å². The standard InChI is InChI=1S/C31H32FN5O/c1-20-7-10-23(19-33-20)35-27-17-29-31(18-28(27)34-22-11-15-25(38-2)16-12-22)37(24-13-8-21(32)9-14-24)30-6-4-3-5-26(30)36-29/h5-10,13-14,17-19,22,25,35H,3-4,11-12,15-16H2,1-2H3/b34-28+/t22-,25-. The Morgan fingerprint density at radius 1 is 1.00 bits per heavy atom. The van der Waals surface area contributed by atoms with Crippen LogP contribution in [0.2, 0.25) is 0 Å². The number of nitrogens with zero attached hydrogens (tertiary/aromatic N) is 4. The van der Waals surface area contributed by atoms with Crippen molar-refractivity contribution in [2.75, 3.05) is 12.4 Å². The van der Waals surface area contributed by atoms with Crippen molar-refractivity contribution in [1.82, 2.24) is 14.5 Å². The summed E-state index contributed by atoms with van der Waals surface area (Å²) in [7, 11) is 1.79. The summed E-state index contributed by atoms with van der Waals surface area (Å²) < 4.78 is 21.6. The van der Waals surface area contributed by atoms with E-state index in [0.29, 0.717) is 6.10 Å². The van der Waals surface area contributed by atoms with Crippen molar-refractivity contribution in [3.63, 3.8) is 0 Å². The molecule has 2 aromatic rings. The fourth-order valence-electron chi connectivity index (χ4n) is 5.43. The molecule has 1 aliphatic heterocycles. The molecular formula is C31H32FN5O. The number of fused-ring (bicyclic) bond motifs is 2. The second-order valence-corrected chi connectivity index (χ2v) is 10.1. The third-order valence-corrected chi connectivity index (χ3v) is 7.49. The Balaban J connectivity index is 1.57. The second kappa shape index (κ2) is 10.5. The van der Waals surface area contributed by atoms with Gasteiger partial charge in [0.1, 0.15) is 5.82 Å². The van der Waals surface area contributed by atoms with Gasteiger partial charge in [-0.25, -0.2) is 9.37 Å². The van der Waals surface area contributed by atoms with Crippen LogP contribution in [-0.4, -0.2) is 33.8 Å². The molecule has 6 nitrogen and oxygen atoms in total. The molecule has 0 atom stereocenters. The van der Waals surface area contributed by atoms with Crippen LogP contribution in [0.3, 0.4) is 0 Å². The number of hydrogen-bond donors (Lipinski definition) is 1. The number of rotatable bonds is 5. The fraction of sp³-hybridized carbons (Fsp3) is 0.323. The predicted octanol–water partition coefficient (Wildman–Crippen LogP) is 4.78. The van der Waals surface area contributed by atoms with Crippen LogP contribution in [0.1, 0.15) is 44.2 Å². The van der Waals surface area contributed by atoms with Gasteiger partial charge in [-0.3, -0.25) is 9.98 Å². The molecule has 0 amide bonds. The molecular weight excluding hydrogens is 477 g/mol. The average molecular weight is 510 g/mol. The number of benzene rings is 2. The second-order valence-electron chi connectivity index (χ2n) is 10.1. The summed E-state index contributed by atoms with van der Waals surface area (Å²) in [5.41, 5.74) is 5.46. The Labute approximate surface area is 221 Å². The molecule has 194 valence electrons. The van der Waals surface area contributed by atoms with Gasteiger partial charge in [-0.1, -0.05) is 12.2 Å². The third-order valence-electron chi connectivity index (χ3n) is 7.49. The third kappa shape index (κ3) is 4.98. The Hall–Kier alpha value is -3.84. The maximum atomic E-state index is 13.8. The fourth-order valence-corrected chi connectivity index (χ4v) is 5.43. The van der Waals surface area contributed by atoms with Crippen LogP contribution < -0.4 is 21.4 Å². The van der Waals surface area contributed by atoms with Gasteiger partial charge in [0.15, 0.2) is 0 Å². The normalized spacial score (nSPS) is 19.5. The average Bonchev–Trinajstić information content (AvgIpc) is 2.94. The maximum absolute atomic E-state index is 13.8. The van der Waals surface area contributed by atoms with E-state index in [1.54, 1.807) is 7.11 Å². The quantitative estimate of drug-likeness (QED) is 0.421. The molecule has 0 bridgehead atoms. The van der Waals surface area contributed by atoms with Crippen molar-refractivity contribution in [3.8, 4) is 17.1 Å². The largest absolute Gasteiger partial charge is 0.381 e. The van der Waals surface area contributed by atoms with Gasteiger partial charge in [-0.15, -0.1) is 0 Å². The summed E-state index contributed by atoms with van der Waals surface area (Å²) in [4.78, 5) is 14.8. The molecule has 0 radical (unpaired) electrons. The Morgan fingerprint density at radius 3 is 2.53 bits per heavy atom. The molecule has 0 unspecified atom stereocenters. The van der Waals surface area contributed by atoms with Gasteiger partial charge in [0.05, 0.1) is 57.2 Å². The molecule has 3 aliphatic carbocycles. The minimum absolute atomic E-state index is 0.222. The van der Waals surface area contributed by atoms with E-state index in [-0.39, 0.29) is 11.9 Å². The zero-order valence-electron chi connectivity index (χ0n) is 21.8. The van der Waals surface area contributed by atoms with Crippen molar-refractivity contribution in [3.05, 3.63) is 82.3 Å². The van der Waals surface area contributed by atoms with E-state index in [1.807, 2.05) is 37.4 Å². The molecule has 1 saturated carbocycles. The van der Waals surface area contributed by atoms with Gasteiger partial charge < -0.3 is 14.6 Å². The highest BCUT2D eigenvalue weighted by Gasteiger charge is 2.21. The molecule has 0 saturated heterocycles. The van der Waals surface area contributed by atoms with E-state index < -0.39 is 0 Å². The molecule has 4 aliphatic rings. The van der Waals surface area contributed by atoms with Crippen LogP contribution in [0.5, 0.6) is 0 Å². The lowest BCUT2D eigenvalue weighted by molar-refractivity contribution is 0.0663. The molecule has 2 heterocycles. The molecule has 1 aromatic carbocycles. The van der Waals surface area contributed by atoms with E-state index in [1.165, 1.54) is 12.1 Å². The van der Waals surface area contributed by atoms with Gasteiger partial charge in [0.2, 0.25) is 0 Å². The molecule has 0 spiro atoms. The predicted molar refractivity (Wildman–Crippen MR) is 148 cm³/mol. The molecule has 7 heteroatoms. The highest BCUT2D eigenvalue weighted by atomic mass is 19.1. The number of hydrogen-bond acceptors (Lipinski definition) is 5. The molecule has 1 aromatic heterocycles. The highest BCUT2D eigenvalue weighted by Crippen LogP contribution is 2.26. The number of nitrogens with one attached hydrogen (secondary N) is 1. The molecule has 6 rings (SSSR count). The first-order chi connectivity index (χ1) is 18.6. The topological polar surface area (TPSA) is 64.3 Å². The summed E-state index contributed by atoms with van der Waals surface area (Å²) in [6.07, 6.45) is 12.5. The number of ether oxygens (including phenoxy) is 1. The van der Waals surface area contributed by atoms with Crippen LogP contribution in [0.25, 0.3) is 29.2 Å². The Bertz CT molecular complexity index is 1600. The lowest BCUT2D eigenvalue weighted by atomic mass is 9.93. The lowest BCUT2D eigenvalue weighted by Gasteiger charge is -2.25. The number of anilines is 2. The number of methoxy groups -OCH3 is 1. The van der Waals surface area contributed by atoms with Gasteiger partial charge in [0.25, 0.3) is 0 Å². The van der Waals surface area contributed by atoms with Crippen molar-refractivity contribution < 1.29 is 9.13 Å². The van der Waals surface area contributed by atoms with E-state index in [2.05, 4.69) is 39.2 Å². The van der Waals surface area contributed by atoms with Gasteiger partial charge in [0, 0.05) is 18.5 Å². The smallest absolute Gasteiger partial charge is 0.123 e. The van der Waals surface area contributed by atoms with Crippen LogP contribution >= 0.6 is 0 Å². The van der Waals surface area contributed by atoms with Crippen molar-refractivity contribution >= 4 is 23.5 Å². The van der Waals surface area contributed by atoms with Crippen LogP contribution in [0, 0.1) is 12.7 Å². The first-order valence-corrected chi connectivity index (χ1v) is 13.4.